The first-order chi connectivity index (χ1) is 14.8. The van der Waals surface area contributed by atoms with E-state index in [1.807, 2.05) is 30.5 Å². The third kappa shape index (κ3) is 2.83. The number of hydrogen-bond acceptors (Lipinski definition) is 4. The average molecular weight is 396 g/mol. The van der Waals surface area contributed by atoms with Gasteiger partial charge in [-0.3, -0.25) is 9.88 Å². The lowest BCUT2D eigenvalue weighted by molar-refractivity contribution is 0.156. The predicted octanol–water partition coefficient (Wildman–Crippen LogP) is 5.52. The molecule has 1 aromatic heterocycles. The van der Waals surface area contributed by atoms with Crippen molar-refractivity contribution in [3.63, 3.8) is 0 Å². The second kappa shape index (κ2) is 6.99. The summed E-state index contributed by atoms with van der Waals surface area (Å²) in [7, 11) is 0. The van der Waals surface area contributed by atoms with Crippen LogP contribution in [0.2, 0.25) is 0 Å². The van der Waals surface area contributed by atoms with Crippen molar-refractivity contribution in [3.05, 3.63) is 89.3 Å². The van der Waals surface area contributed by atoms with Crippen LogP contribution in [0.15, 0.2) is 72.4 Å². The molecular formula is C26H24N2O2. The molecule has 2 atom stereocenters. The molecule has 2 fully saturated rings. The minimum Gasteiger partial charge on any atom is -0.504 e. The van der Waals surface area contributed by atoms with Crippen molar-refractivity contribution in [2.24, 2.45) is 0 Å². The Labute approximate surface area is 176 Å². The number of phenolic OH excluding ortho intramolecular Hbond substituents is 1. The molecule has 3 aliphatic heterocycles. The normalized spacial score (nSPS) is 24.8. The van der Waals surface area contributed by atoms with Crippen LogP contribution in [0.25, 0.3) is 5.57 Å². The topological polar surface area (TPSA) is 45.6 Å². The molecule has 4 heterocycles. The quantitative estimate of drug-likeness (QED) is 0.484. The zero-order chi connectivity index (χ0) is 20.1. The molecule has 30 heavy (non-hydrogen) atoms. The minimum absolute atomic E-state index is 0.204. The second-order valence-electron chi connectivity index (χ2n) is 8.52. The fourth-order valence-corrected chi connectivity index (χ4v) is 5.47. The number of aromatic hydroxyl groups is 1. The maximum Gasteiger partial charge on any atom is 0.176 e. The second-order valence-corrected chi connectivity index (χ2v) is 8.52. The smallest absolute Gasteiger partial charge is 0.176 e. The molecule has 0 unspecified atom stereocenters. The lowest BCUT2D eigenvalue weighted by Crippen LogP contribution is -2.40. The molecule has 6 rings (SSSR count). The van der Waals surface area contributed by atoms with Gasteiger partial charge in [-0.2, -0.15) is 0 Å². The van der Waals surface area contributed by atoms with Crippen LogP contribution >= 0.6 is 0 Å². The van der Waals surface area contributed by atoms with E-state index in [4.69, 9.17) is 4.74 Å². The molecule has 2 saturated heterocycles. The molecule has 3 aromatic rings. The van der Waals surface area contributed by atoms with Crippen LogP contribution in [-0.2, 0) is 6.54 Å². The fraction of sp³-hybridized carbons (Fsp3) is 0.269. The van der Waals surface area contributed by atoms with Gasteiger partial charge in [0, 0.05) is 36.0 Å². The maximum absolute atomic E-state index is 10.5. The zero-order valence-electron chi connectivity index (χ0n) is 16.8. The van der Waals surface area contributed by atoms with Crippen molar-refractivity contribution in [1.82, 2.24) is 9.88 Å². The van der Waals surface area contributed by atoms with Crippen LogP contribution in [0.1, 0.15) is 42.5 Å². The zero-order valence-corrected chi connectivity index (χ0v) is 16.8. The molecule has 150 valence electrons. The van der Waals surface area contributed by atoms with Crippen molar-refractivity contribution in [3.8, 4) is 17.2 Å². The lowest BCUT2D eigenvalue weighted by atomic mass is 9.84. The number of phenols is 1. The van der Waals surface area contributed by atoms with Crippen molar-refractivity contribution in [1.29, 1.82) is 0 Å². The van der Waals surface area contributed by atoms with Gasteiger partial charge in [0.15, 0.2) is 11.5 Å². The van der Waals surface area contributed by atoms with E-state index in [9.17, 15) is 5.11 Å². The van der Waals surface area contributed by atoms with Gasteiger partial charge in [0.05, 0.1) is 5.69 Å². The number of nitrogens with zero attached hydrogens (tertiary/aromatic N) is 2. The summed E-state index contributed by atoms with van der Waals surface area (Å²) in [6.45, 7) is 0.926. The summed E-state index contributed by atoms with van der Waals surface area (Å²) in [4.78, 5) is 7.20. The number of pyridine rings is 1. The Balaban J connectivity index is 1.41. The Morgan fingerprint density at radius 2 is 1.67 bits per heavy atom. The van der Waals surface area contributed by atoms with Gasteiger partial charge in [-0.15, -0.1) is 0 Å². The SMILES string of the molecule is Oc1cccc2c1Oc1ccccc1C2=C1C[C@H]2CC[C@@H](C1)N2Cc1ccccn1. The first kappa shape index (κ1) is 17.7. The van der Waals surface area contributed by atoms with E-state index in [1.165, 1.54) is 24.0 Å². The summed E-state index contributed by atoms with van der Waals surface area (Å²) in [6.07, 6.45) is 6.47. The van der Waals surface area contributed by atoms with Gasteiger partial charge in [0.2, 0.25) is 0 Å². The van der Waals surface area contributed by atoms with Gasteiger partial charge in [0.1, 0.15) is 5.75 Å². The summed E-state index contributed by atoms with van der Waals surface area (Å²) in [5.74, 6) is 1.62. The van der Waals surface area contributed by atoms with E-state index < -0.39 is 0 Å². The monoisotopic (exact) mass is 396 g/mol. The molecule has 0 radical (unpaired) electrons. The minimum atomic E-state index is 0.204. The Bertz CT molecular complexity index is 1120. The largest absolute Gasteiger partial charge is 0.504 e. The van der Waals surface area contributed by atoms with Gasteiger partial charge in [0.25, 0.3) is 0 Å². The van der Waals surface area contributed by atoms with Gasteiger partial charge in [-0.25, -0.2) is 0 Å². The molecule has 0 saturated carbocycles. The summed E-state index contributed by atoms with van der Waals surface area (Å²) >= 11 is 0. The number of ether oxygens (including phenoxy) is 1. The summed E-state index contributed by atoms with van der Waals surface area (Å²) in [5.41, 5.74) is 6.06. The van der Waals surface area contributed by atoms with Crippen LogP contribution in [0.3, 0.4) is 0 Å². The lowest BCUT2D eigenvalue weighted by Gasteiger charge is -2.38. The Morgan fingerprint density at radius 3 is 2.47 bits per heavy atom. The summed E-state index contributed by atoms with van der Waals surface area (Å²) in [6, 6.07) is 21.2. The van der Waals surface area contributed by atoms with Crippen molar-refractivity contribution >= 4 is 5.57 Å². The van der Waals surface area contributed by atoms with Crippen LogP contribution in [0, 0.1) is 0 Å². The number of hydrogen-bond donors (Lipinski definition) is 1. The standard InChI is InChI=1S/C26H24N2O2/c29-23-9-5-8-22-25(21-7-1-2-10-24(21)30-26(22)23)17-14-19-11-12-20(15-17)28(19)16-18-6-3-4-13-27-18/h1-10,13,19-20,29H,11-12,14-16H2/t19-,20+. The van der Waals surface area contributed by atoms with E-state index in [2.05, 4.69) is 40.2 Å². The van der Waals surface area contributed by atoms with Crippen LogP contribution < -0.4 is 4.74 Å². The van der Waals surface area contributed by atoms with Crippen molar-refractivity contribution in [2.45, 2.75) is 44.3 Å². The van der Waals surface area contributed by atoms with Gasteiger partial charge in [-0.1, -0.05) is 42.0 Å². The van der Waals surface area contributed by atoms with Crippen LogP contribution in [0.4, 0.5) is 0 Å². The van der Waals surface area contributed by atoms with E-state index >= 15 is 0 Å². The molecule has 0 spiro atoms. The molecule has 4 nitrogen and oxygen atoms in total. The molecule has 2 bridgehead atoms. The van der Waals surface area contributed by atoms with Crippen LogP contribution in [0.5, 0.6) is 17.2 Å². The summed E-state index contributed by atoms with van der Waals surface area (Å²) < 4.78 is 6.10. The van der Waals surface area contributed by atoms with E-state index in [0.29, 0.717) is 17.8 Å². The molecule has 3 aliphatic rings. The highest BCUT2D eigenvalue weighted by Crippen LogP contribution is 2.51. The number of benzene rings is 2. The van der Waals surface area contributed by atoms with Gasteiger partial charge in [-0.05, 0) is 55.5 Å². The third-order valence-corrected chi connectivity index (χ3v) is 6.79. The maximum atomic E-state index is 10.5. The molecule has 2 aromatic carbocycles. The molecule has 1 N–H and O–H groups in total. The fourth-order valence-electron chi connectivity index (χ4n) is 5.47. The Morgan fingerprint density at radius 1 is 0.900 bits per heavy atom. The molecule has 0 aliphatic carbocycles. The highest BCUT2D eigenvalue weighted by atomic mass is 16.5. The molecule has 4 heteroatoms. The Hall–Kier alpha value is -3.11. The number of fused-ring (bicyclic) bond motifs is 4. The predicted molar refractivity (Wildman–Crippen MR) is 116 cm³/mol. The first-order valence-corrected chi connectivity index (χ1v) is 10.7. The van der Waals surface area contributed by atoms with Crippen molar-refractivity contribution < 1.29 is 9.84 Å². The number of piperidine rings is 1. The molecular weight excluding hydrogens is 372 g/mol. The van der Waals surface area contributed by atoms with Crippen LogP contribution in [-0.4, -0.2) is 27.1 Å². The number of para-hydroxylation sites is 2. The molecule has 0 amide bonds. The first-order valence-electron chi connectivity index (χ1n) is 10.7. The third-order valence-electron chi connectivity index (χ3n) is 6.79. The highest BCUT2D eigenvalue weighted by Gasteiger charge is 2.40. The van der Waals surface area contributed by atoms with E-state index in [-0.39, 0.29) is 5.75 Å². The summed E-state index contributed by atoms with van der Waals surface area (Å²) in [5, 5.41) is 10.5. The average Bonchev–Trinajstić information content (AvgIpc) is 3.00. The number of aromatic nitrogens is 1. The van der Waals surface area contributed by atoms with Gasteiger partial charge < -0.3 is 9.84 Å². The highest BCUT2D eigenvalue weighted by molar-refractivity contribution is 5.91. The van der Waals surface area contributed by atoms with E-state index in [0.717, 1.165) is 42.0 Å². The Kier molecular flexibility index (Phi) is 4.13. The number of rotatable bonds is 2. The van der Waals surface area contributed by atoms with Crippen molar-refractivity contribution in [2.75, 3.05) is 0 Å². The van der Waals surface area contributed by atoms with E-state index in [1.54, 1.807) is 6.07 Å². The van der Waals surface area contributed by atoms with Gasteiger partial charge >= 0.3 is 0 Å².